The highest BCUT2D eigenvalue weighted by Crippen LogP contribution is 2.34. The molecule has 108 valence electrons. The number of para-hydroxylation sites is 2. The van der Waals surface area contributed by atoms with Gasteiger partial charge in [0.1, 0.15) is 17.3 Å². The van der Waals surface area contributed by atoms with E-state index in [9.17, 15) is 9.90 Å². The van der Waals surface area contributed by atoms with Crippen molar-refractivity contribution in [2.24, 2.45) is 0 Å². The molecule has 0 fully saturated rings. The number of nitrogens with zero attached hydrogens (tertiary/aromatic N) is 1. The number of benzene rings is 2. The molecule has 2 N–H and O–H groups in total. The van der Waals surface area contributed by atoms with Crippen LogP contribution in [0.3, 0.4) is 0 Å². The van der Waals surface area contributed by atoms with Crippen molar-refractivity contribution in [3.8, 4) is 28.8 Å². The molecule has 0 saturated heterocycles. The number of hydrogen-bond donors (Lipinski definition) is 2. The molecule has 22 heavy (non-hydrogen) atoms. The van der Waals surface area contributed by atoms with E-state index in [4.69, 9.17) is 4.74 Å². The Morgan fingerprint density at radius 3 is 2.73 bits per heavy atom. The highest BCUT2D eigenvalue weighted by Gasteiger charge is 2.22. The number of ether oxygens (including phenoxy) is 1. The van der Waals surface area contributed by atoms with E-state index < -0.39 is 0 Å². The number of aromatic amines is 1. The SMILES string of the molecule is O=c1[nH]c(-c2ccccc2O)nc2c1Cc1ccccc1O2. The average molecular weight is 292 g/mol. The van der Waals surface area contributed by atoms with E-state index >= 15 is 0 Å². The zero-order chi connectivity index (χ0) is 15.1. The number of phenolic OH excluding ortho intramolecular Hbond substituents is 1. The summed E-state index contributed by atoms with van der Waals surface area (Å²) in [6.07, 6.45) is 0.481. The van der Waals surface area contributed by atoms with Gasteiger partial charge < -0.3 is 14.8 Å². The molecule has 2 aromatic carbocycles. The van der Waals surface area contributed by atoms with Crippen molar-refractivity contribution in [2.75, 3.05) is 0 Å². The number of fused-ring (bicyclic) bond motifs is 2. The largest absolute Gasteiger partial charge is 0.507 e. The number of H-pyrrole nitrogens is 1. The number of rotatable bonds is 1. The molecule has 0 bridgehead atoms. The van der Waals surface area contributed by atoms with Crippen molar-refractivity contribution in [1.82, 2.24) is 9.97 Å². The van der Waals surface area contributed by atoms with Crippen LogP contribution in [-0.2, 0) is 6.42 Å². The fourth-order valence-corrected chi connectivity index (χ4v) is 2.56. The Hall–Kier alpha value is -3.08. The molecule has 4 rings (SSSR count). The summed E-state index contributed by atoms with van der Waals surface area (Å²) >= 11 is 0. The van der Waals surface area contributed by atoms with E-state index in [0.717, 1.165) is 5.56 Å². The minimum absolute atomic E-state index is 0.0572. The van der Waals surface area contributed by atoms with Crippen LogP contribution in [0.1, 0.15) is 11.1 Å². The predicted molar refractivity (Wildman–Crippen MR) is 81.3 cm³/mol. The Kier molecular flexibility index (Phi) is 2.72. The first-order valence-electron chi connectivity index (χ1n) is 6.90. The van der Waals surface area contributed by atoms with Crippen LogP contribution in [0.15, 0.2) is 53.3 Å². The van der Waals surface area contributed by atoms with E-state index in [0.29, 0.717) is 35.0 Å². The molecule has 1 aliphatic rings. The maximum absolute atomic E-state index is 12.3. The number of aromatic hydroxyl groups is 1. The maximum Gasteiger partial charge on any atom is 0.258 e. The third-order valence-electron chi connectivity index (χ3n) is 3.68. The molecule has 0 saturated carbocycles. The lowest BCUT2D eigenvalue weighted by molar-refractivity contribution is 0.437. The molecule has 0 radical (unpaired) electrons. The van der Waals surface area contributed by atoms with Gasteiger partial charge in [-0.1, -0.05) is 30.3 Å². The van der Waals surface area contributed by atoms with Crippen molar-refractivity contribution >= 4 is 0 Å². The van der Waals surface area contributed by atoms with Crippen LogP contribution in [0, 0.1) is 0 Å². The van der Waals surface area contributed by atoms with Crippen LogP contribution in [0.5, 0.6) is 17.4 Å². The molecular weight excluding hydrogens is 280 g/mol. The van der Waals surface area contributed by atoms with E-state index in [1.807, 2.05) is 24.3 Å². The van der Waals surface area contributed by atoms with Gasteiger partial charge in [0.25, 0.3) is 5.56 Å². The molecule has 0 amide bonds. The number of nitrogens with one attached hydrogen (secondary N) is 1. The Labute approximate surface area is 125 Å². The Morgan fingerprint density at radius 1 is 1.09 bits per heavy atom. The molecule has 1 aromatic heterocycles. The van der Waals surface area contributed by atoms with Crippen molar-refractivity contribution < 1.29 is 9.84 Å². The molecule has 1 aliphatic heterocycles. The van der Waals surface area contributed by atoms with Crippen molar-refractivity contribution in [1.29, 1.82) is 0 Å². The lowest BCUT2D eigenvalue weighted by Crippen LogP contribution is -2.20. The summed E-state index contributed by atoms with van der Waals surface area (Å²) in [6, 6.07) is 14.3. The summed E-state index contributed by atoms with van der Waals surface area (Å²) in [7, 11) is 0. The highest BCUT2D eigenvalue weighted by atomic mass is 16.5. The first-order valence-corrected chi connectivity index (χ1v) is 6.90. The van der Waals surface area contributed by atoms with Crippen LogP contribution < -0.4 is 10.3 Å². The number of aromatic nitrogens is 2. The van der Waals surface area contributed by atoms with Crippen LogP contribution in [0.2, 0.25) is 0 Å². The summed E-state index contributed by atoms with van der Waals surface area (Å²) in [4.78, 5) is 19.4. The summed E-state index contributed by atoms with van der Waals surface area (Å²) < 4.78 is 5.75. The normalized spacial score (nSPS) is 12.2. The van der Waals surface area contributed by atoms with Gasteiger partial charge in [0.15, 0.2) is 0 Å². The van der Waals surface area contributed by atoms with Crippen LogP contribution in [0.25, 0.3) is 11.4 Å². The van der Waals surface area contributed by atoms with E-state index in [2.05, 4.69) is 9.97 Å². The topological polar surface area (TPSA) is 75.2 Å². The lowest BCUT2D eigenvalue weighted by Gasteiger charge is -2.18. The van der Waals surface area contributed by atoms with E-state index in [-0.39, 0.29) is 11.3 Å². The Balaban J connectivity index is 1.86. The van der Waals surface area contributed by atoms with Gasteiger partial charge in [0.05, 0.1) is 11.1 Å². The summed E-state index contributed by atoms with van der Waals surface area (Å²) in [5, 5.41) is 9.91. The molecule has 3 aromatic rings. The quantitative estimate of drug-likeness (QED) is 0.565. The highest BCUT2D eigenvalue weighted by molar-refractivity contribution is 5.64. The third-order valence-corrected chi connectivity index (χ3v) is 3.68. The van der Waals surface area contributed by atoms with Gasteiger partial charge in [-0.2, -0.15) is 4.98 Å². The zero-order valence-corrected chi connectivity index (χ0v) is 11.5. The third kappa shape index (κ3) is 1.95. The van der Waals surface area contributed by atoms with Crippen LogP contribution >= 0.6 is 0 Å². The van der Waals surface area contributed by atoms with Crippen molar-refractivity contribution in [2.45, 2.75) is 6.42 Å². The number of phenols is 1. The van der Waals surface area contributed by atoms with Crippen LogP contribution in [-0.4, -0.2) is 15.1 Å². The molecule has 5 nitrogen and oxygen atoms in total. The first-order chi connectivity index (χ1) is 10.7. The minimum atomic E-state index is -0.252. The first kappa shape index (κ1) is 12.6. The Morgan fingerprint density at radius 2 is 1.86 bits per heavy atom. The molecule has 5 heteroatoms. The summed E-state index contributed by atoms with van der Waals surface area (Å²) in [5.74, 6) is 1.35. The number of hydrogen-bond acceptors (Lipinski definition) is 4. The second-order valence-electron chi connectivity index (χ2n) is 5.10. The molecular formula is C17H12N2O3. The monoisotopic (exact) mass is 292 g/mol. The zero-order valence-electron chi connectivity index (χ0n) is 11.5. The molecule has 2 heterocycles. The Bertz CT molecular complexity index is 931. The van der Waals surface area contributed by atoms with Gasteiger partial charge in [-0.05, 0) is 23.8 Å². The van der Waals surface area contributed by atoms with Crippen LogP contribution in [0.4, 0.5) is 0 Å². The van der Waals surface area contributed by atoms with Gasteiger partial charge in [-0.3, -0.25) is 4.79 Å². The van der Waals surface area contributed by atoms with Crippen molar-refractivity contribution in [3.05, 3.63) is 70.0 Å². The van der Waals surface area contributed by atoms with Gasteiger partial charge in [0, 0.05) is 6.42 Å². The maximum atomic E-state index is 12.3. The van der Waals surface area contributed by atoms with Crippen molar-refractivity contribution in [3.63, 3.8) is 0 Å². The smallest absolute Gasteiger partial charge is 0.258 e. The van der Waals surface area contributed by atoms with Gasteiger partial charge in [0.2, 0.25) is 5.88 Å². The second kappa shape index (κ2) is 4.73. The fourth-order valence-electron chi connectivity index (χ4n) is 2.56. The molecule has 0 aliphatic carbocycles. The fraction of sp³-hybridized carbons (Fsp3) is 0.0588. The minimum Gasteiger partial charge on any atom is -0.507 e. The summed E-state index contributed by atoms with van der Waals surface area (Å²) in [5.41, 5.74) is 1.66. The molecule has 0 spiro atoms. The van der Waals surface area contributed by atoms with Gasteiger partial charge >= 0.3 is 0 Å². The molecule has 0 atom stereocenters. The summed E-state index contributed by atoms with van der Waals surface area (Å²) in [6.45, 7) is 0. The lowest BCUT2D eigenvalue weighted by atomic mass is 10.0. The standard InChI is InChI=1S/C17H12N2O3/c20-13-7-3-2-6-11(13)15-18-16(21)12-9-10-5-1-4-8-14(10)22-17(12)19-15/h1-8,20H,9H2,(H,18,19,21). The van der Waals surface area contributed by atoms with Gasteiger partial charge in [-0.15, -0.1) is 0 Å². The second-order valence-corrected chi connectivity index (χ2v) is 5.10. The van der Waals surface area contributed by atoms with E-state index in [1.54, 1.807) is 24.3 Å². The molecule has 0 unspecified atom stereocenters. The predicted octanol–water partition coefficient (Wildman–Crippen LogP) is 2.84. The van der Waals surface area contributed by atoms with E-state index in [1.165, 1.54) is 0 Å². The van der Waals surface area contributed by atoms with Gasteiger partial charge in [-0.25, -0.2) is 0 Å². The average Bonchev–Trinajstić information content (AvgIpc) is 2.53.